The lowest BCUT2D eigenvalue weighted by molar-refractivity contribution is -0.235. The summed E-state index contributed by atoms with van der Waals surface area (Å²) in [6, 6.07) is 0. The van der Waals surface area contributed by atoms with E-state index in [-0.39, 0.29) is 6.61 Å². The highest BCUT2D eigenvalue weighted by Crippen LogP contribution is 2.29. The molecule has 5 atom stereocenters. The minimum atomic E-state index is -1.17. The van der Waals surface area contributed by atoms with Gasteiger partial charge in [0.15, 0.2) is 12.4 Å². The fourth-order valence-electron chi connectivity index (χ4n) is 1.70. The zero-order valence-electron chi connectivity index (χ0n) is 7.62. The van der Waals surface area contributed by atoms with Crippen LogP contribution in [0, 0.1) is 0 Å². The summed E-state index contributed by atoms with van der Waals surface area (Å²) in [7, 11) is 0. The minimum Gasteiger partial charge on any atom is -0.457 e. The molecule has 0 radical (unpaired) electrons. The van der Waals surface area contributed by atoms with E-state index in [0.29, 0.717) is 0 Å². The lowest BCUT2D eigenvalue weighted by Crippen LogP contribution is -2.55. The molecule has 2 saturated heterocycles. The van der Waals surface area contributed by atoms with E-state index in [1.807, 2.05) is 0 Å². The monoisotopic (exact) mass is 204 g/mol. The molecule has 0 amide bonds. The first-order valence-electron chi connectivity index (χ1n) is 4.40. The summed E-state index contributed by atoms with van der Waals surface area (Å²) in [6.07, 6.45) is -4.45. The Morgan fingerprint density at radius 2 is 2.14 bits per heavy atom. The predicted octanol–water partition coefficient (Wildman–Crippen LogP) is -1.60. The second kappa shape index (κ2) is 3.47. The van der Waals surface area contributed by atoms with Gasteiger partial charge in [0.25, 0.3) is 0 Å². The molecule has 0 aromatic rings. The number of carbonyl (C=O) groups excluding carboxylic acids is 1. The lowest BCUT2D eigenvalue weighted by atomic mass is 10.0. The number of hydrogen-bond donors (Lipinski definition) is 2. The maximum atomic E-state index is 10.7. The molecule has 80 valence electrons. The second-order valence-electron chi connectivity index (χ2n) is 3.43. The highest BCUT2D eigenvalue weighted by atomic mass is 16.7. The van der Waals surface area contributed by atoms with E-state index in [1.54, 1.807) is 0 Å². The first-order chi connectivity index (χ1) is 6.59. The molecule has 0 spiro atoms. The third kappa shape index (κ3) is 1.50. The van der Waals surface area contributed by atoms with Crippen LogP contribution in [0.4, 0.5) is 0 Å². The van der Waals surface area contributed by atoms with Crippen molar-refractivity contribution in [1.82, 2.24) is 0 Å². The van der Waals surface area contributed by atoms with Crippen LogP contribution in [-0.2, 0) is 19.0 Å². The van der Waals surface area contributed by atoms with Gasteiger partial charge < -0.3 is 24.4 Å². The Morgan fingerprint density at radius 3 is 2.79 bits per heavy atom. The van der Waals surface area contributed by atoms with Gasteiger partial charge in [0.05, 0.1) is 6.61 Å². The summed E-state index contributed by atoms with van der Waals surface area (Å²) in [5.41, 5.74) is 0. The number of rotatable bonds is 1. The van der Waals surface area contributed by atoms with Gasteiger partial charge >= 0.3 is 5.97 Å². The van der Waals surface area contributed by atoms with Crippen molar-refractivity contribution < 1.29 is 29.2 Å². The van der Waals surface area contributed by atoms with Gasteiger partial charge in [0, 0.05) is 6.92 Å². The Bertz CT molecular complexity index is 242. The Kier molecular flexibility index (Phi) is 2.44. The van der Waals surface area contributed by atoms with E-state index in [1.165, 1.54) is 6.92 Å². The van der Waals surface area contributed by atoms with Crippen molar-refractivity contribution in [3.8, 4) is 0 Å². The molecule has 2 bridgehead atoms. The first kappa shape index (κ1) is 9.85. The molecule has 0 aromatic heterocycles. The minimum absolute atomic E-state index is 0.219. The molecular weight excluding hydrogens is 192 g/mol. The zero-order chi connectivity index (χ0) is 10.3. The molecule has 6 nitrogen and oxygen atoms in total. The smallest absolute Gasteiger partial charge is 0.303 e. The topological polar surface area (TPSA) is 85.2 Å². The van der Waals surface area contributed by atoms with Gasteiger partial charge in [0.1, 0.15) is 18.3 Å². The Morgan fingerprint density at radius 1 is 1.43 bits per heavy atom. The number of hydrogen-bond acceptors (Lipinski definition) is 6. The van der Waals surface area contributed by atoms with Crippen molar-refractivity contribution in [3.63, 3.8) is 0 Å². The maximum Gasteiger partial charge on any atom is 0.303 e. The second-order valence-corrected chi connectivity index (χ2v) is 3.43. The number of ether oxygens (including phenoxy) is 3. The molecule has 0 saturated carbocycles. The van der Waals surface area contributed by atoms with Crippen molar-refractivity contribution in [2.24, 2.45) is 0 Å². The summed E-state index contributed by atoms with van der Waals surface area (Å²) >= 11 is 0. The molecule has 6 heteroatoms. The number of aliphatic hydroxyl groups excluding tert-OH is 2. The van der Waals surface area contributed by atoms with Gasteiger partial charge in [-0.2, -0.15) is 0 Å². The van der Waals surface area contributed by atoms with E-state index in [0.717, 1.165) is 0 Å². The molecule has 2 aliphatic rings. The van der Waals surface area contributed by atoms with Crippen LogP contribution >= 0.6 is 0 Å². The summed E-state index contributed by atoms with van der Waals surface area (Å²) < 4.78 is 15.1. The largest absolute Gasteiger partial charge is 0.457 e. The molecule has 0 aliphatic carbocycles. The Labute approximate surface area is 80.4 Å². The van der Waals surface area contributed by atoms with Crippen molar-refractivity contribution in [2.45, 2.75) is 37.6 Å². The Hall–Kier alpha value is -0.690. The fraction of sp³-hybridized carbons (Fsp3) is 0.875. The van der Waals surface area contributed by atoms with E-state index < -0.39 is 36.7 Å². The highest BCUT2D eigenvalue weighted by Gasteiger charge is 2.51. The number of esters is 1. The van der Waals surface area contributed by atoms with Crippen LogP contribution in [0.3, 0.4) is 0 Å². The van der Waals surface area contributed by atoms with Gasteiger partial charge in [-0.1, -0.05) is 0 Å². The fourth-order valence-corrected chi connectivity index (χ4v) is 1.70. The summed E-state index contributed by atoms with van der Waals surface area (Å²) in [6.45, 7) is 1.46. The van der Waals surface area contributed by atoms with Crippen LogP contribution in [0.2, 0.25) is 0 Å². The molecule has 0 unspecified atom stereocenters. The highest BCUT2D eigenvalue weighted by molar-refractivity contribution is 5.66. The van der Waals surface area contributed by atoms with Crippen LogP contribution in [0.15, 0.2) is 0 Å². The molecule has 14 heavy (non-hydrogen) atoms. The van der Waals surface area contributed by atoms with Crippen molar-refractivity contribution in [1.29, 1.82) is 0 Å². The molecule has 2 fully saturated rings. The quantitative estimate of drug-likeness (QED) is 0.500. The normalized spacial score (nSPS) is 46.4. The van der Waals surface area contributed by atoms with Crippen LogP contribution in [0.1, 0.15) is 6.92 Å². The molecule has 0 aromatic carbocycles. The third-order valence-electron chi connectivity index (χ3n) is 2.37. The standard InChI is InChI=1S/C8H12O6/c1-3(9)13-7-4-2-12-8(14-4)6(11)5(7)10/h4-8,10-11H,2H2,1H3/t4-,5-,6-,7-,8-/m1/s1. The SMILES string of the molecule is CC(=O)O[C@H]1[C@H](O)[C@@H](O)[C@@H]2OC[C@H]1O2. The van der Waals surface area contributed by atoms with Crippen molar-refractivity contribution in [2.75, 3.05) is 6.61 Å². The lowest BCUT2D eigenvalue weighted by Gasteiger charge is -2.34. The van der Waals surface area contributed by atoms with E-state index in [4.69, 9.17) is 14.2 Å². The van der Waals surface area contributed by atoms with Gasteiger partial charge in [0.2, 0.25) is 0 Å². The average Bonchev–Trinajstić information content (AvgIpc) is 2.55. The summed E-state index contributed by atoms with van der Waals surface area (Å²) in [5.74, 6) is -0.518. The van der Waals surface area contributed by atoms with Gasteiger partial charge in [-0.3, -0.25) is 4.79 Å². The maximum absolute atomic E-state index is 10.7. The molecule has 2 heterocycles. The first-order valence-corrected chi connectivity index (χ1v) is 4.40. The average molecular weight is 204 g/mol. The zero-order valence-corrected chi connectivity index (χ0v) is 7.62. The van der Waals surface area contributed by atoms with Crippen molar-refractivity contribution >= 4 is 5.97 Å². The van der Waals surface area contributed by atoms with Crippen LogP contribution in [-0.4, -0.2) is 53.5 Å². The molecule has 2 aliphatic heterocycles. The molecule has 2 N–H and O–H groups in total. The predicted molar refractivity (Wildman–Crippen MR) is 42.2 cm³/mol. The van der Waals surface area contributed by atoms with Crippen LogP contribution < -0.4 is 0 Å². The van der Waals surface area contributed by atoms with E-state index in [9.17, 15) is 15.0 Å². The van der Waals surface area contributed by atoms with Crippen molar-refractivity contribution in [3.05, 3.63) is 0 Å². The number of aliphatic hydroxyl groups is 2. The van der Waals surface area contributed by atoms with Gasteiger partial charge in [-0.25, -0.2) is 0 Å². The third-order valence-corrected chi connectivity index (χ3v) is 2.37. The molecular formula is C8H12O6. The van der Waals surface area contributed by atoms with E-state index >= 15 is 0 Å². The van der Waals surface area contributed by atoms with E-state index in [2.05, 4.69) is 0 Å². The number of fused-ring (bicyclic) bond motifs is 2. The number of carbonyl (C=O) groups is 1. The van der Waals surface area contributed by atoms with Gasteiger partial charge in [-0.05, 0) is 0 Å². The molecule has 2 rings (SSSR count). The summed E-state index contributed by atoms with van der Waals surface area (Å²) in [4.78, 5) is 10.7. The van der Waals surface area contributed by atoms with Crippen LogP contribution in [0.25, 0.3) is 0 Å². The van der Waals surface area contributed by atoms with Gasteiger partial charge in [-0.15, -0.1) is 0 Å². The van der Waals surface area contributed by atoms with Crippen LogP contribution in [0.5, 0.6) is 0 Å². The Balaban J connectivity index is 2.10. The summed E-state index contributed by atoms with van der Waals surface area (Å²) in [5, 5.41) is 19.0.